The maximum absolute atomic E-state index is 13.6. The summed E-state index contributed by atoms with van der Waals surface area (Å²) in [4.78, 5) is 0. The molecule has 0 saturated heterocycles. The highest BCUT2D eigenvalue weighted by Gasteiger charge is 2.46. The average molecular weight is 160 g/mol. The number of alkyl halides is 1. The molecule has 1 rings (SSSR count). The smallest absolute Gasteiger partial charge is 0.113 e. The van der Waals surface area contributed by atoms with Gasteiger partial charge < -0.3 is 5.11 Å². The molecule has 0 aliphatic heterocycles. The number of aliphatic hydroxyl groups is 1. The van der Waals surface area contributed by atoms with Gasteiger partial charge in [-0.3, -0.25) is 0 Å². The molecule has 0 aromatic carbocycles. The van der Waals surface area contributed by atoms with Crippen LogP contribution in [0.4, 0.5) is 4.39 Å². The van der Waals surface area contributed by atoms with Crippen LogP contribution in [0.1, 0.15) is 39.5 Å². The Bertz CT molecular complexity index is 131. The SMILES string of the molecule is CC(C)(F)C1(CO)CCCC1. The lowest BCUT2D eigenvalue weighted by atomic mass is 9.74. The standard InChI is InChI=1S/C9H17FO/c1-8(2,10)9(7-11)5-3-4-6-9/h11H,3-7H2,1-2H3. The molecule has 0 amide bonds. The summed E-state index contributed by atoms with van der Waals surface area (Å²) in [5, 5.41) is 9.11. The lowest BCUT2D eigenvalue weighted by molar-refractivity contribution is -0.0193. The van der Waals surface area contributed by atoms with Gasteiger partial charge in [0.1, 0.15) is 5.67 Å². The zero-order chi connectivity index (χ0) is 8.54. The molecule has 0 unspecified atom stereocenters. The molecule has 0 aromatic rings. The summed E-state index contributed by atoms with van der Waals surface area (Å²) in [7, 11) is 0. The van der Waals surface area contributed by atoms with E-state index in [1.54, 1.807) is 13.8 Å². The van der Waals surface area contributed by atoms with Crippen molar-refractivity contribution in [3.8, 4) is 0 Å². The van der Waals surface area contributed by atoms with E-state index in [9.17, 15) is 4.39 Å². The summed E-state index contributed by atoms with van der Waals surface area (Å²) in [5.74, 6) is 0. The van der Waals surface area contributed by atoms with Crippen molar-refractivity contribution in [1.82, 2.24) is 0 Å². The Morgan fingerprint density at radius 3 is 2.00 bits per heavy atom. The van der Waals surface area contributed by atoms with Crippen LogP contribution in [0.2, 0.25) is 0 Å². The number of rotatable bonds is 2. The largest absolute Gasteiger partial charge is 0.396 e. The van der Waals surface area contributed by atoms with Crippen molar-refractivity contribution in [2.24, 2.45) is 5.41 Å². The second kappa shape index (κ2) is 2.74. The van der Waals surface area contributed by atoms with Gasteiger partial charge in [0.15, 0.2) is 0 Å². The molecule has 0 radical (unpaired) electrons. The van der Waals surface area contributed by atoms with E-state index in [4.69, 9.17) is 5.11 Å². The van der Waals surface area contributed by atoms with E-state index in [2.05, 4.69) is 0 Å². The molecule has 0 heterocycles. The topological polar surface area (TPSA) is 20.2 Å². The minimum atomic E-state index is -1.22. The third kappa shape index (κ3) is 1.41. The van der Waals surface area contributed by atoms with Gasteiger partial charge in [-0.25, -0.2) is 4.39 Å². The van der Waals surface area contributed by atoms with E-state index in [0.29, 0.717) is 0 Å². The Hall–Kier alpha value is -0.110. The predicted octanol–water partition coefficient (Wildman–Crippen LogP) is 2.29. The molecule has 1 fully saturated rings. The van der Waals surface area contributed by atoms with Gasteiger partial charge in [0.25, 0.3) is 0 Å². The first kappa shape index (κ1) is 8.98. The maximum Gasteiger partial charge on any atom is 0.113 e. The summed E-state index contributed by atoms with van der Waals surface area (Å²) in [5.41, 5.74) is -1.66. The first-order valence-corrected chi connectivity index (χ1v) is 4.32. The lowest BCUT2D eigenvalue weighted by Crippen LogP contribution is -2.40. The summed E-state index contributed by atoms with van der Waals surface area (Å²) in [6, 6.07) is 0. The molecule has 1 N–H and O–H groups in total. The number of hydrogen-bond acceptors (Lipinski definition) is 1. The van der Waals surface area contributed by atoms with Crippen LogP contribution in [0.5, 0.6) is 0 Å². The summed E-state index contributed by atoms with van der Waals surface area (Å²) in [6.45, 7) is 3.15. The van der Waals surface area contributed by atoms with Gasteiger partial charge in [0.2, 0.25) is 0 Å². The van der Waals surface area contributed by atoms with Gasteiger partial charge in [0, 0.05) is 5.41 Å². The fraction of sp³-hybridized carbons (Fsp3) is 1.00. The van der Waals surface area contributed by atoms with E-state index in [1.165, 1.54) is 0 Å². The molecular formula is C9H17FO. The number of halogens is 1. The minimum Gasteiger partial charge on any atom is -0.396 e. The molecule has 1 aliphatic rings. The van der Waals surface area contributed by atoms with Gasteiger partial charge in [-0.1, -0.05) is 12.8 Å². The van der Waals surface area contributed by atoms with E-state index in [1.807, 2.05) is 0 Å². The highest BCUT2D eigenvalue weighted by atomic mass is 19.1. The molecule has 1 nitrogen and oxygen atoms in total. The van der Waals surface area contributed by atoms with E-state index in [-0.39, 0.29) is 6.61 Å². The van der Waals surface area contributed by atoms with E-state index < -0.39 is 11.1 Å². The van der Waals surface area contributed by atoms with Gasteiger partial charge in [0.05, 0.1) is 6.61 Å². The van der Waals surface area contributed by atoms with Crippen LogP contribution in [0.15, 0.2) is 0 Å². The third-order valence-electron chi connectivity index (χ3n) is 3.12. The molecule has 1 saturated carbocycles. The minimum absolute atomic E-state index is 0.00347. The van der Waals surface area contributed by atoms with Crippen molar-refractivity contribution in [3.63, 3.8) is 0 Å². The fourth-order valence-electron chi connectivity index (χ4n) is 1.99. The molecule has 0 bridgehead atoms. The van der Waals surface area contributed by atoms with E-state index in [0.717, 1.165) is 25.7 Å². The third-order valence-corrected chi connectivity index (χ3v) is 3.12. The van der Waals surface area contributed by atoms with Gasteiger partial charge in [-0.05, 0) is 26.7 Å². The molecule has 2 heteroatoms. The second-order valence-electron chi connectivity index (χ2n) is 4.12. The Morgan fingerprint density at radius 2 is 1.82 bits per heavy atom. The molecule has 0 atom stereocenters. The maximum atomic E-state index is 13.6. The summed E-state index contributed by atoms with van der Waals surface area (Å²) < 4.78 is 13.6. The first-order chi connectivity index (χ1) is 5.02. The normalized spacial score (nSPS) is 24.0. The van der Waals surface area contributed by atoms with Crippen LogP contribution >= 0.6 is 0 Å². The fourth-order valence-corrected chi connectivity index (χ4v) is 1.99. The summed E-state index contributed by atoms with van der Waals surface area (Å²) >= 11 is 0. The quantitative estimate of drug-likeness (QED) is 0.657. The van der Waals surface area contributed by atoms with Crippen LogP contribution in [-0.4, -0.2) is 17.4 Å². The van der Waals surface area contributed by atoms with E-state index >= 15 is 0 Å². The highest BCUT2D eigenvalue weighted by molar-refractivity contribution is 4.96. The Kier molecular flexibility index (Phi) is 2.24. The van der Waals surface area contributed by atoms with Crippen LogP contribution in [0.25, 0.3) is 0 Å². The molecular weight excluding hydrogens is 143 g/mol. The molecule has 0 aromatic heterocycles. The highest BCUT2D eigenvalue weighted by Crippen LogP contribution is 2.47. The molecule has 0 spiro atoms. The molecule has 11 heavy (non-hydrogen) atoms. The lowest BCUT2D eigenvalue weighted by Gasteiger charge is -2.36. The van der Waals surface area contributed by atoms with Crippen molar-refractivity contribution in [2.45, 2.75) is 45.2 Å². The van der Waals surface area contributed by atoms with Crippen molar-refractivity contribution in [1.29, 1.82) is 0 Å². The van der Waals surface area contributed by atoms with Crippen LogP contribution < -0.4 is 0 Å². The first-order valence-electron chi connectivity index (χ1n) is 4.32. The van der Waals surface area contributed by atoms with Crippen LogP contribution in [0.3, 0.4) is 0 Å². The second-order valence-corrected chi connectivity index (χ2v) is 4.12. The number of hydrogen-bond donors (Lipinski definition) is 1. The van der Waals surface area contributed by atoms with Crippen molar-refractivity contribution in [2.75, 3.05) is 6.61 Å². The van der Waals surface area contributed by atoms with Crippen molar-refractivity contribution in [3.05, 3.63) is 0 Å². The monoisotopic (exact) mass is 160 g/mol. The molecule has 66 valence electrons. The summed E-state index contributed by atoms with van der Waals surface area (Å²) in [6.07, 6.45) is 3.81. The Balaban J connectivity index is 2.75. The van der Waals surface area contributed by atoms with Gasteiger partial charge in [-0.2, -0.15) is 0 Å². The Labute approximate surface area is 67.6 Å². The zero-order valence-electron chi connectivity index (χ0n) is 7.36. The van der Waals surface area contributed by atoms with Gasteiger partial charge >= 0.3 is 0 Å². The zero-order valence-corrected chi connectivity index (χ0v) is 7.36. The average Bonchev–Trinajstić information content (AvgIpc) is 2.33. The Morgan fingerprint density at radius 1 is 1.36 bits per heavy atom. The van der Waals surface area contributed by atoms with Crippen LogP contribution in [0, 0.1) is 5.41 Å². The van der Waals surface area contributed by atoms with Crippen molar-refractivity contribution < 1.29 is 9.50 Å². The molecule has 1 aliphatic carbocycles. The van der Waals surface area contributed by atoms with Gasteiger partial charge in [-0.15, -0.1) is 0 Å². The number of aliphatic hydroxyl groups excluding tert-OH is 1. The predicted molar refractivity (Wildman–Crippen MR) is 43.2 cm³/mol. The van der Waals surface area contributed by atoms with Crippen molar-refractivity contribution >= 4 is 0 Å². The van der Waals surface area contributed by atoms with Crippen LogP contribution in [-0.2, 0) is 0 Å².